The number of nitrogens with two attached hydrogens (primary N) is 1. The van der Waals surface area contributed by atoms with Crippen molar-refractivity contribution >= 4 is 9.84 Å². The Morgan fingerprint density at radius 1 is 1.29 bits per heavy atom. The van der Waals surface area contributed by atoms with Crippen LogP contribution in [0.25, 0.3) is 0 Å². The summed E-state index contributed by atoms with van der Waals surface area (Å²) < 4.78 is 22.7. The molecule has 0 heterocycles. The average Bonchev–Trinajstić information content (AvgIpc) is 2.20. The summed E-state index contributed by atoms with van der Waals surface area (Å²) in [5.74, 6) is 5.54. The molecule has 1 unspecified atom stereocenters. The molecule has 0 bridgehead atoms. The number of benzene rings is 1. The van der Waals surface area contributed by atoms with Crippen LogP contribution in [0.3, 0.4) is 0 Å². The van der Waals surface area contributed by atoms with E-state index in [2.05, 4.69) is 5.43 Å². The predicted molar refractivity (Wildman–Crippen MR) is 70.2 cm³/mol. The summed E-state index contributed by atoms with van der Waals surface area (Å²) in [6, 6.07) is 7.20. The van der Waals surface area contributed by atoms with Crippen molar-refractivity contribution in [2.75, 3.05) is 6.26 Å². The van der Waals surface area contributed by atoms with E-state index in [1.54, 1.807) is 13.8 Å². The summed E-state index contributed by atoms with van der Waals surface area (Å²) in [6.45, 7) is 5.30. The average molecular weight is 256 g/mol. The molecular formula is C12H20N2O2S. The van der Waals surface area contributed by atoms with Crippen LogP contribution < -0.4 is 11.3 Å². The predicted octanol–water partition coefficient (Wildman–Crippen LogP) is 1.32. The molecule has 1 aromatic carbocycles. The molecule has 0 radical (unpaired) electrons. The quantitative estimate of drug-likeness (QED) is 0.629. The van der Waals surface area contributed by atoms with Crippen molar-refractivity contribution in [3.8, 4) is 0 Å². The summed E-state index contributed by atoms with van der Waals surface area (Å²) in [7, 11) is -3.22. The van der Waals surface area contributed by atoms with Crippen LogP contribution in [-0.2, 0) is 9.84 Å². The molecule has 0 fully saturated rings. The van der Waals surface area contributed by atoms with Gasteiger partial charge in [0.2, 0.25) is 0 Å². The largest absolute Gasteiger partial charge is 0.271 e. The van der Waals surface area contributed by atoms with Crippen LogP contribution in [0, 0.1) is 6.92 Å². The summed E-state index contributed by atoms with van der Waals surface area (Å²) >= 11 is 0. The highest BCUT2D eigenvalue weighted by atomic mass is 32.2. The Balaban J connectivity index is 3.31. The lowest BCUT2D eigenvalue weighted by Gasteiger charge is -2.33. The zero-order valence-electron chi connectivity index (χ0n) is 10.7. The van der Waals surface area contributed by atoms with Crippen molar-refractivity contribution < 1.29 is 8.42 Å². The Morgan fingerprint density at radius 3 is 2.24 bits per heavy atom. The number of nitrogens with one attached hydrogen (secondary N) is 1. The fourth-order valence-electron chi connectivity index (χ4n) is 1.79. The van der Waals surface area contributed by atoms with Crippen molar-refractivity contribution in [2.45, 2.75) is 31.6 Å². The highest BCUT2D eigenvalue weighted by Crippen LogP contribution is 2.32. The molecule has 1 atom stereocenters. The Morgan fingerprint density at radius 2 is 1.82 bits per heavy atom. The van der Waals surface area contributed by atoms with Gasteiger partial charge in [-0.3, -0.25) is 11.3 Å². The maximum absolute atomic E-state index is 11.8. The van der Waals surface area contributed by atoms with E-state index >= 15 is 0 Å². The minimum atomic E-state index is -3.22. The van der Waals surface area contributed by atoms with Gasteiger partial charge in [-0.15, -0.1) is 0 Å². The summed E-state index contributed by atoms with van der Waals surface area (Å²) in [5, 5.41) is 0. The van der Waals surface area contributed by atoms with Gasteiger partial charge in [-0.05, 0) is 31.9 Å². The number of hydrogen-bond acceptors (Lipinski definition) is 4. The van der Waals surface area contributed by atoms with Crippen LogP contribution in [-0.4, -0.2) is 19.4 Å². The number of hydrogen-bond donors (Lipinski definition) is 2. The molecule has 0 saturated heterocycles. The third kappa shape index (κ3) is 2.68. The minimum absolute atomic E-state index is 0.432. The van der Waals surface area contributed by atoms with Crippen LogP contribution in [0.5, 0.6) is 0 Å². The zero-order chi connectivity index (χ0) is 13.3. The van der Waals surface area contributed by atoms with Crippen LogP contribution in [0.4, 0.5) is 0 Å². The molecule has 5 heteroatoms. The van der Waals surface area contributed by atoms with Gasteiger partial charge in [0.05, 0.1) is 10.8 Å². The monoisotopic (exact) mass is 256 g/mol. The second-order valence-electron chi connectivity index (χ2n) is 4.83. The van der Waals surface area contributed by atoms with Crippen LogP contribution in [0.15, 0.2) is 24.3 Å². The van der Waals surface area contributed by atoms with Gasteiger partial charge in [-0.2, -0.15) is 0 Å². The highest BCUT2D eigenvalue weighted by molar-refractivity contribution is 7.92. The number of aryl methyl sites for hydroxylation is 1. The second kappa shape index (κ2) is 4.76. The van der Waals surface area contributed by atoms with Gasteiger partial charge in [0.15, 0.2) is 9.84 Å². The van der Waals surface area contributed by atoms with E-state index in [9.17, 15) is 8.42 Å². The molecule has 0 aromatic heterocycles. The van der Waals surface area contributed by atoms with Crippen molar-refractivity contribution in [3.05, 3.63) is 35.4 Å². The van der Waals surface area contributed by atoms with E-state index in [0.29, 0.717) is 0 Å². The van der Waals surface area contributed by atoms with E-state index in [-0.39, 0.29) is 0 Å². The Bertz CT molecular complexity index is 495. The third-order valence-corrected chi connectivity index (χ3v) is 5.46. The van der Waals surface area contributed by atoms with E-state index in [0.717, 1.165) is 11.1 Å². The molecule has 3 N–H and O–H groups in total. The fourth-order valence-corrected chi connectivity index (χ4v) is 2.41. The number of hydrazine groups is 1. The molecule has 1 aromatic rings. The fraction of sp³-hybridized carbons (Fsp3) is 0.500. The zero-order valence-corrected chi connectivity index (χ0v) is 11.5. The summed E-state index contributed by atoms with van der Waals surface area (Å²) in [6.07, 6.45) is 1.23. The molecule has 0 saturated carbocycles. The van der Waals surface area contributed by atoms with E-state index < -0.39 is 20.6 Å². The molecular weight excluding hydrogens is 236 g/mol. The van der Waals surface area contributed by atoms with Gasteiger partial charge in [-0.25, -0.2) is 8.42 Å². The second-order valence-corrected chi connectivity index (χ2v) is 7.43. The highest BCUT2D eigenvalue weighted by Gasteiger charge is 2.39. The lowest BCUT2D eigenvalue weighted by Crippen LogP contribution is -2.47. The topological polar surface area (TPSA) is 72.2 Å². The van der Waals surface area contributed by atoms with E-state index in [1.807, 2.05) is 31.2 Å². The Kier molecular flexibility index (Phi) is 3.96. The van der Waals surface area contributed by atoms with Crippen molar-refractivity contribution in [1.29, 1.82) is 0 Å². The normalized spacial score (nSPS) is 14.6. The van der Waals surface area contributed by atoms with Crippen molar-refractivity contribution in [1.82, 2.24) is 5.43 Å². The Hall–Kier alpha value is -0.910. The first-order valence-corrected chi connectivity index (χ1v) is 7.32. The molecule has 4 nitrogen and oxygen atoms in total. The smallest absolute Gasteiger partial charge is 0.154 e. The van der Waals surface area contributed by atoms with Crippen LogP contribution in [0.1, 0.15) is 31.0 Å². The number of rotatable bonds is 4. The molecule has 0 aliphatic rings. The minimum Gasteiger partial charge on any atom is -0.271 e. The molecule has 1 rings (SSSR count). The summed E-state index contributed by atoms with van der Waals surface area (Å²) in [5.41, 5.74) is 4.56. The van der Waals surface area contributed by atoms with Gasteiger partial charge >= 0.3 is 0 Å². The van der Waals surface area contributed by atoms with Crippen LogP contribution in [0.2, 0.25) is 0 Å². The molecule has 0 amide bonds. The maximum atomic E-state index is 11.8. The van der Waals surface area contributed by atoms with Gasteiger partial charge < -0.3 is 0 Å². The number of sulfone groups is 1. The molecule has 17 heavy (non-hydrogen) atoms. The third-order valence-electron chi connectivity index (χ3n) is 3.32. The van der Waals surface area contributed by atoms with Gasteiger partial charge in [-0.1, -0.05) is 24.3 Å². The van der Waals surface area contributed by atoms with Crippen molar-refractivity contribution in [3.63, 3.8) is 0 Å². The van der Waals surface area contributed by atoms with Crippen LogP contribution >= 0.6 is 0 Å². The van der Waals surface area contributed by atoms with E-state index in [4.69, 9.17) is 5.84 Å². The first-order chi connectivity index (χ1) is 7.71. The first kappa shape index (κ1) is 14.2. The van der Waals surface area contributed by atoms with Gasteiger partial charge in [0.1, 0.15) is 0 Å². The van der Waals surface area contributed by atoms with E-state index in [1.165, 1.54) is 6.26 Å². The molecule has 0 aliphatic carbocycles. The maximum Gasteiger partial charge on any atom is 0.154 e. The molecule has 0 spiro atoms. The Labute approximate surface area is 103 Å². The molecule has 96 valence electrons. The van der Waals surface area contributed by atoms with Gasteiger partial charge in [0, 0.05) is 6.26 Å². The lowest BCUT2D eigenvalue weighted by molar-refractivity contribution is 0.426. The first-order valence-electron chi connectivity index (χ1n) is 5.43. The summed E-state index contributed by atoms with van der Waals surface area (Å²) in [4.78, 5) is 0. The lowest BCUT2D eigenvalue weighted by atomic mass is 9.92. The van der Waals surface area contributed by atoms with Crippen molar-refractivity contribution in [2.24, 2.45) is 5.84 Å². The SMILES string of the molecule is Cc1ccccc1C(NN)C(C)(C)S(C)(=O)=O. The van der Waals surface area contributed by atoms with Gasteiger partial charge in [0.25, 0.3) is 0 Å². The molecule has 0 aliphatic heterocycles. The standard InChI is InChI=1S/C12H20N2O2S/c1-9-7-5-6-8-10(9)11(14-13)12(2,3)17(4,15)16/h5-8,11,14H,13H2,1-4H3.